The van der Waals surface area contributed by atoms with E-state index in [1.165, 1.54) is 19.3 Å². The Balaban J connectivity index is 2.13. The molecular weight excluding hydrogens is 102 g/mol. The van der Waals surface area contributed by atoms with Crippen LogP contribution >= 0.6 is 0 Å². The Bertz CT molecular complexity index is 59.5. The molecule has 0 saturated carbocycles. The summed E-state index contributed by atoms with van der Waals surface area (Å²) in [5.74, 6) is 0. The van der Waals surface area contributed by atoms with E-state index in [4.69, 9.17) is 0 Å². The molecule has 0 aromatic rings. The van der Waals surface area contributed by atoms with Gasteiger partial charge in [0.1, 0.15) is 6.73 Å². The maximum absolute atomic E-state index is 10.2. The predicted octanol–water partition coefficient (Wildman–Crippen LogP) is 0.860. The van der Waals surface area contributed by atoms with E-state index >= 15 is 0 Å². The zero-order valence-electron chi connectivity index (χ0n) is 5.10. The Morgan fingerprint density at radius 1 is 1.12 bits per heavy atom. The topological polar surface area (TPSA) is 23.1 Å². The summed E-state index contributed by atoms with van der Waals surface area (Å²) in [4.78, 5) is 1.96. The van der Waals surface area contributed by atoms with Crippen LogP contribution in [0.15, 0.2) is 0 Å². The second-order valence-electron chi connectivity index (χ2n) is 2.31. The van der Waals surface area contributed by atoms with Crippen LogP contribution in [0, 0.1) is 0 Å². The van der Waals surface area contributed by atoms with Gasteiger partial charge in [0.15, 0.2) is 0 Å². The first-order valence-electron chi connectivity index (χ1n) is 3.24. The molecule has 0 atom stereocenters. The standard InChI is InChI=1S/C6H12NO/c8-6-7-4-2-1-3-5-7/h1-6H2. The number of nitrogens with zero attached hydrogens (tertiary/aromatic N) is 1. The molecule has 47 valence electrons. The molecule has 1 fully saturated rings. The summed E-state index contributed by atoms with van der Waals surface area (Å²) in [6.07, 6.45) is 3.76. The van der Waals surface area contributed by atoms with E-state index in [-0.39, 0.29) is 6.73 Å². The van der Waals surface area contributed by atoms with Crippen LogP contribution in [0.4, 0.5) is 0 Å². The monoisotopic (exact) mass is 114 g/mol. The Kier molecular flexibility index (Phi) is 2.30. The van der Waals surface area contributed by atoms with E-state index in [1.54, 1.807) is 0 Å². The summed E-state index contributed by atoms with van der Waals surface area (Å²) in [5, 5.41) is 10.2. The van der Waals surface area contributed by atoms with Crippen molar-refractivity contribution >= 4 is 0 Å². The molecule has 0 bridgehead atoms. The molecule has 0 aliphatic carbocycles. The van der Waals surface area contributed by atoms with E-state index in [2.05, 4.69) is 0 Å². The highest BCUT2D eigenvalue weighted by atomic mass is 16.3. The van der Waals surface area contributed by atoms with Crippen molar-refractivity contribution in [3.8, 4) is 0 Å². The third-order valence-electron chi connectivity index (χ3n) is 1.63. The van der Waals surface area contributed by atoms with Crippen molar-refractivity contribution in [2.24, 2.45) is 0 Å². The van der Waals surface area contributed by atoms with Crippen LogP contribution in [0.5, 0.6) is 0 Å². The lowest BCUT2D eigenvalue weighted by molar-refractivity contribution is 0.0390. The zero-order chi connectivity index (χ0) is 5.82. The molecule has 1 rings (SSSR count). The van der Waals surface area contributed by atoms with Crippen molar-refractivity contribution in [2.75, 3.05) is 19.8 Å². The van der Waals surface area contributed by atoms with Crippen LogP contribution < -0.4 is 0 Å². The number of piperidine rings is 1. The summed E-state index contributed by atoms with van der Waals surface area (Å²) in [5.41, 5.74) is 0. The summed E-state index contributed by atoms with van der Waals surface area (Å²) in [6, 6.07) is 0. The maximum Gasteiger partial charge on any atom is 0.135 e. The largest absolute Gasteiger partial charge is 0.278 e. The Morgan fingerprint density at radius 3 is 2.12 bits per heavy atom. The first kappa shape index (κ1) is 6.05. The van der Waals surface area contributed by atoms with Crippen molar-refractivity contribution in [1.29, 1.82) is 0 Å². The highest BCUT2D eigenvalue weighted by Gasteiger charge is 2.07. The van der Waals surface area contributed by atoms with Crippen LogP contribution in [-0.2, 0) is 5.11 Å². The van der Waals surface area contributed by atoms with Crippen LogP contribution in [0.3, 0.4) is 0 Å². The van der Waals surface area contributed by atoms with Crippen molar-refractivity contribution in [3.05, 3.63) is 0 Å². The SMILES string of the molecule is [O]CN1CCCCC1. The van der Waals surface area contributed by atoms with Gasteiger partial charge in [-0.15, -0.1) is 0 Å². The van der Waals surface area contributed by atoms with Gasteiger partial charge >= 0.3 is 0 Å². The van der Waals surface area contributed by atoms with Crippen LogP contribution in [0.25, 0.3) is 0 Å². The molecule has 1 heterocycles. The molecule has 0 amide bonds. The molecule has 1 radical (unpaired) electrons. The Morgan fingerprint density at radius 2 is 1.75 bits per heavy atom. The smallest absolute Gasteiger partial charge is 0.135 e. The van der Waals surface area contributed by atoms with Crippen LogP contribution in [0.1, 0.15) is 19.3 Å². The zero-order valence-corrected chi connectivity index (χ0v) is 5.10. The van der Waals surface area contributed by atoms with E-state index in [0.717, 1.165) is 13.1 Å². The fourth-order valence-electron chi connectivity index (χ4n) is 1.09. The maximum atomic E-state index is 10.2. The van der Waals surface area contributed by atoms with Gasteiger partial charge in [0.05, 0.1) is 0 Å². The molecular formula is C6H12NO. The third kappa shape index (κ3) is 1.46. The van der Waals surface area contributed by atoms with Crippen molar-refractivity contribution < 1.29 is 5.11 Å². The number of rotatable bonds is 1. The molecule has 0 N–H and O–H groups in total. The number of hydrogen-bond donors (Lipinski definition) is 0. The lowest BCUT2D eigenvalue weighted by Gasteiger charge is -2.22. The Hall–Kier alpha value is -0.0800. The average Bonchev–Trinajstić information content (AvgIpc) is 1.90. The molecule has 0 unspecified atom stereocenters. The molecule has 0 spiro atoms. The first-order valence-corrected chi connectivity index (χ1v) is 3.24. The van der Waals surface area contributed by atoms with Crippen LogP contribution in [0.2, 0.25) is 0 Å². The number of hydrogen-bond acceptors (Lipinski definition) is 1. The quantitative estimate of drug-likeness (QED) is 0.496. The van der Waals surface area contributed by atoms with Gasteiger partial charge in [-0.05, 0) is 12.8 Å². The van der Waals surface area contributed by atoms with Gasteiger partial charge in [0, 0.05) is 13.1 Å². The fraction of sp³-hybridized carbons (Fsp3) is 1.00. The Labute approximate surface area is 50.1 Å². The molecule has 1 aliphatic rings. The molecule has 2 heteroatoms. The predicted molar refractivity (Wildman–Crippen MR) is 31.0 cm³/mol. The van der Waals surface area contributed by atoms with Crippen molar-refractivity contribution in [2.45, 2.75) is 19.3 Å². The molecule has 0 aromatic heterocycles. The minimum absolute atomic E-state index is 0. The number of likely N-dealkylation sites (tertiary alicyclic amines) is 1. The minimum atomic E-state index is 0. The summed E-state index contributed by atoms with van der Waals surface area (Å²) < 4.78 is 0. The fourth-order valence-corrected chi connectivity index (χ4v) is 1.09. The lowest BCUT2D eigenvalue weighted by atomic mass is 10.1. The van der Waals surface area contributed by atoms with Gasteiger partial charge in [-0.3, -0.25) is 4.90 Å². The summed E-state index contributed by atoms with van der Waals surface area (Å²) in [7, 11) is 0. The highest BCUT2D eigenvalue weighted by molar-refractivity contribution is 4.59. The van der Waals surface area contributed by atoms with E-state index < -0.39 is 0 Å². The average molecular weight is 114 g/mol. The van der Waals surface area contributed by atoms with Gasteiger partial charge in [0.25, 0.3) is 0 Å². The second-order valence-corrected chi connectivity index (χ2v) is 2.31. The lowest BCUT2D eigenvalue weighted by Crippen LogP contribution is -2.29. The van der Waals surface area contributed by atoms with Crippen molar-refractivity contribution in [3.63, 3.8) is 0 Å². The molecule has 2 nitrogen and oxygen atoms in total. The minimum Gasteiger partial charge on any atom is -0.278 e. The molecule has 1 saturated heterocycles. The molecule has 1 aliphatic heterocycles. The van der Waals surface area contributed by atoms with E-state index in [9.17, 15) is 5.11 Å². The van der Waals surface area contributed by atoms with Crippen LogP contribution in [-0.4, -0.2) is 24.7 Å². The van der Waals surface area contributed by atoms with Gasteiger partial charge < -0.3 is 0 Å². The molecule has 0 aromatic carbocycles. The van der Waals surface area contributed by atoms with E-state index in [1.807, 2.05) is 4.90 Å². The van der Waals surface area contributed by atoms with E-state index in [0.29, 0.717) is 0 Å². The first-order chi connectivity index (χ1) is 3.93. The van der Waals surface area contributed by atoms with Gasteiger partial charge in [-0.25, -0.2) is 5.11 Å². The van der Waals surface area contributed by atoms with Gasteiger partial charge in [0.2, 0.25) is 0 Å². The molecule has 8 heavy (non-hydrogen) atoms. The second kappa shape index (κ2) is 3.05. The highest BCUT2D eigenvalue weighted by Crippen LogP contribution is 2.06. The summed E-state index contributed by atoms with van der Waals surface area (Å²) in [6.45, 7) is 2.06. The summed E-state index contributed by atoms with van der Waals surface area (Å²) >= 11 is 0. The van der Waals surface area contributed by atoms with Gasteiger partial charge in [-0.2, -0.15) is 0 Å². The van der Waals surface area contributed by atoms with Gasteiger partial charge in [-0.1, -0.05) is 6.42 Å². The third-order valence-corrected chi connectivity index (χ3v) is 1.63. The van der Waals surface area contributed by atoms with Crippen molar-refractivity contribution in [1.82, 2.24) is 4.90 Å². The normalized spacial score (nSPS) is 23.6.